The Morgan fingerprint density at radius 2 is 1.46 bits per heavy atom. The molecule has 7 heteroatoms. The van der Waals surface area contributed by atoms with E-state index < -0.39 is 24.2 Å². The Kier molecular flexibility index (Phi) is 6.54. The molecule has 0 spiro atoms. The Morgan fingerprint density at radius 1 is 0.923 bits per heavy atom. The fourth-order valence-electron chi connectivity index (χ4n) is 2.45. The second kappa shape index (κ2) is 8.84. The summed E-state index contributed by atoms with van der Waals surface area (Å²) in [4.78, 5) is 23.4. The number of hydrogen-bond donors (Lipinski definition) is 2. The van der Waals surface area contributed by atoms with E-state index in [0.29, 0.717) is 5.75 Å². The molecule has 0 aliphatic rings. The highest BCUT2D eigenvalue weighted by molar-refractivity contribution is 5.83. The van der Waals surface area contributed by atoms with E-state index in [1.807, 2.05) is 32.9 Å². The lowest BCUT2D eigenvalue weighted by atomic mass is 10.1. The third kappa shape index (κ3) is 5.47. The summed E-state index contributed by atoms with van der Waals surface area (Å²) in [5.41, 5.74) is 7.36. The predicted molar refractivity (Wildman–Crippen MR) is 94.3 cm³/mol. The molecule has 0 aliphatic carbocycles. The van der Waals surface area contributed by atoms with Gasteiger partial charge in [0.1, 0.15) is 5.75 Å². The van der Waals surface area contributed by atoms with Crippen molar-refractivity contribution < 1.29 is 23.5 Å². The van der Waals surface area contributed by atoms with Gasteiger partial charge in [-0.3, -0.25) is 20.4 Å². The van der Waals surface area contributed by atoms with E-state index in [0.717, 1.165) is 16.7 Å². The third-order valence-electron chi connectivity index (χ3n) is 3.49. The molecule has 0 atom stereocenters. The van der Waals surface area contributed by atoms with E-state index in [2.05, 4.69) is 10.9 Å². The monoisotopic (exact) mass is 360 g/mol. The smallest absolute Gasteiger partial charge is 0.276 e. The highest BCUT2D eigenvalue weighted by Gasteiger charge is 2.10. The zero-order valence-electron chi connectivity index (χ0n) is 14.9. The van der Waals surface area contributed by atoms with Crippen molar-refractivity contribution in [1.82, 2.24) is 10.9 Å². The van der Waals surface area contributed by atoms with Crippen LogP contribution < -0.4 is 20.3 Å². The predicted octanol–water partition coefficient (Wildman–Crippen LogP) is 2.36. The molecule has 2 rings (SSSR count). The van der Waals surface area contributed by atoms with E-state index in [-0.39, 0.29) is 12.4 Å². The van der Waals surface area contributed by atoms with Crippen molar-refractivity contribution in [3.05, 3.63) is 58.9 Å². The van der Waals surface area contributed by atoms with Crippen LogP contribution in [0.1, 0.15) is 16.7 Å². The van der Waals surface area contributed by atoms with Gasteiger partial charge in [0.15, 0.2) is 24.8 Å². The molecule has 0 aromatic heterocycles. The lowest BCUT2D eigenvalue weighted by Crippen LogP contribution is -2.45. The second-order valence-corrected chi connectivity index (χ2v) is 5.83. The van der Waals surface area contributed by atoms with E-state index in [1.54, 1.807) is 6.07 Å². The number of halogens is 1. The number of hydrazine groups is 1. The fraction of sp³-hybridized carbons (Fsp3) is 0.263. The maximum absolute atomic E-state index is 13.4. The van der Waals surface area contributed by atoms with Crippen molar-refractivity contribution >= 4 is 11.8 Å². The first-order valence-corrected chi connectivity index (χ1v) is 8.02. The molecule has 0 bridgehead atoms. The number of nitrogens with one attached hydrogen (secondary N) is 2. The molecule has 138 valence electrons. The number of amides is 2. The van der Waals surface area contributed by atoms with Crippen LogP contribution in [0.5, 0.6) is 11.5 Å². The van der Waals surface area contributed by atoms with Gasteiger partial charge in [0.2, 0.25) is 0 Å². The van der Waals surface area contributed by atoms with Crippen molar-refractivity contribution in [1.29, 1.82) is 0 Å². The van der Waals surface area contributed by atoms with Crippen molar-refractivity contribution in [2.75, 3.05) is 13.2 Å². The molecule has 0 heterocycles. The standard InChI is InChI=1S/C19H21FN2O4/c1-12-8-13(2)19(14(3)9-12)26-11-18(24)22-21-17(23)10-25-16-7-5-4-6-15(16)20/h4-9H,10-11H2,1-3H3,(H,21,23)(H,22,24). The van der Waals surface area contributed by atoms with Gasteiger partial charge in [0, 0.05) is 0 Å². The van der Waals surface area contributed by atoms with Gasteiger partial charge >= 0.3 is 0 Å². The van der Waals surface area contributed by atoms with Crippen LogP contribution >= 0.6 is 0 Å². The van der Waals surface area contributed by atoms with Crippen molar-refractivity contribution in [3.63, 3.8) is 0 Å². The van der Waals surface area contributed by atoms with Crippen molar-refractivity contribution in [2.45, 2.75) is 20.8 Å². The van der Waals surface area contributed by atoms with Gasteiger partial charge in [0.25, 0.3) is 11.8 Å². The molecule has 26 heavy (non-hydrogen) atoms. The van der Waals surface area contributed by atoms with Crippen LogP contribution in [-0.4, -0.2) is 25.0 Å². The van der Waals surface area contributed by atoms with Crippen LogP contribution in [0.15, 0.2) is 36.4 Å². The highest BCUT2D eigenvalue weighted by atomic mass is 19.1. The molecular weight excluding hydrogens is 339 g/mol. The summed E-state index contributed by atoms with van der Waals surface area (Å²) in [5, 5.41) is 0. The Bertz CT molecular complexity index is 785. The van der Waals surface area contributed by atoms with Gasteiger partial charge in [-0.25, -0.2) is 4.39 Å². The molecule has 0 radical (unpaired) electrons. The number of ether oxygens (including phenoxy) is 2. The van der Waals surface area contributed by atoms with Gasteiger partial charge < -0.3 is 9.47 Å². The molecule has 2 aromatic carbocycles. The topological polar surface area (TPSA) is 76.7 Å². The Hall–Kier alpha value is -3.09. The lowest BCUT2D eigenvalue weighted by Gasteiger charge is -2.13. The van der Waals surface area contributed by atoms with Crippen LogP contribution in [0.3, 0.4) is 0 Å². The number of aryl methyl sites for hydroxylation is 3. The Balaban J connectivity index is 1.75. The second-order valence-electron chi connectivity index (χ2n) is 5.83. The third-order valence-corrected chi connectivity index (χ3v) is 3.49. The maximum Gasteiger partial charge on any atom is 0.276 e. The largest absolute Gasteiger partial charge is 0.483 e. The average Bonchev–Trinajstić information content (AvgIpc) is 2.58. The maximum atomic E-state index is 13.4. The van der Waals surface area contributed by atoms with Crippen LogP contribution in [0.25, 0.3) is 0 Å². The van der Waals surface area contributed by atoms with Crippen LogP contribution in [0.4, 0.5) is 4.39 Å². The van der Waals surface area contributed by atoms with Crippen LogP contribution in [0, 0.1) is 26.6 Å². The van der Waals surface area contributed by atoms with Gasteiger partial charge in [-0.2, -0.15) is 0 Å². The van der Waals surface area contributed by atoms with Gasteiger partial charge in [-0.15, -0.1) is 0 Å². The van der Waals surface area contributed by atoms with Crippen LogP contribution in [-0.2, 0) is 9.59 Å². The average molecular weight is 360 g/mol. The van der Waals surface area contributed by atoms with Crippen LogP contribution in [0.2, 0.25) is 0 Å². The van der Waals surface area contributed by atoms with E-state index >= 15 is 0 Å². The minimum atomic E-state index is -0.621. The Labute approximate surface area is 151 Å². The first-order chi connectivity index (χ1) is 12.4. The van der Waals surface area contributed by atoms with E-state index in [9.17, 15) is 14.0 Å². The minimum absolute atomic E-state index is 0.0392. The molecule has 0 unspecified atom stereocenters. The SMILES string of the molecule is Cc1cc(C)c(OCC(=O)NNC(=O)COc2ccccc2F)c(C)c1. The minimum Gasteiger partial charge on any atom is -0.483 e. The van der Waals surface area contributed by atoms with Gasteiger partial charge in [0.05, 0.1) is 0 Å². The quantitative estimate of drug-likeness (QED) is 0.776. The number of carbonyl (C=O) groups excluding carboxylic acids is 2. The molecular formula is C19H21FN2O4. The van der Waals surface area contributed by atoms with Crippen molar-refractivity contribution in [2.24, 2.45) is 0 Å². The number of rotatable bonds is 6. The first kappa shape index (κ1) is 19.2. The molecule has 2 N–H and O–H groups in total. The summed E-state index contributed by atoms with van der Waals surface area (Å²) in [5.74, 6) is -1.11. The number of benzene rings is 2. The summed E-state index contributed by atoms with van der Waals surface area (Å²) >= 11 is 0. The summed E-state index contributed by atoms with van der Waals surface area (Å²) in [6.45, 7) is 5.09. The van der Waals surface area contributed by atoms with E-state index in [4.69, 9.17) is 9.47 Å². The summed E-state index contributed by atoms with van der Waals surface area (Å²) < 4.78 is 23.9. The molecule has 6 nitrogen and oxygen atoms in total. The van der Waals surface area contributed by atoms with Crippen molar-refractivity contribution in [3.8, 4) is 11.5 Å². The summed E-state index contributed by atoms with van der Waals surface area (Å²) in [6, 6.07) is 9.65. The van der Waals surface area contributed by atoms with E-state index in [1.165, 1.54) is 18.2 Å². The summed E-state index contributed by atoms with van der Waals surface area (Å²) in [6.07, 6.45) is 0. The zero-order valence-corrected chi connectivity index (χ0v) is 14.9. The Morgan fingerprint density at radius 3 is 2.04 bits per heavy atom. The number of para-hydroxylation sites is 1. The van der Waals surface area contributed by atoms with Gasteiger partial charge in [-0.1, -0.05) is 29.8 Å². The molecule has 0 aliphatic heterocycles. The van der Waals surface area contributed by atoms with Gasteiger partial charge in [-0.05, 0) is 44.0 Å². The lowest BCUT2D eigenvalue weighted by molar-refractivity contribution is -0.131. The first-order valence-electron chi connectivity index (χ1n) is 8.02. The normalized spacial score (nSPS) is 10.2. The number of carbonyl (C=O) groups is 2. The number of hydrogen-bond acceptors (Lipinski definition) is 4. The molecule has 2 aromatic rings. The molecule has 0 saturated heterocycles. The molecule has 0 fully saturated rings. The molecule has 0 saturated carbocycles. The zero-order chi connectivity index (χ0) is 19.1. The fourth-order valence-corrected chi connectivity index (χ4v) is 2.45. The highest BCUT2D eigenvalue weighted by Crippen LogP contribution is 2.24. The molecule has 2 amide bonds. The summed E-state index contributed by atoms with van der Waals surface area (Å²) in [7, 11) is 0.